The zero-order chi connectivity index (χ0) is 14.1. The second-order valence-corrected chi connectivity index (χ2v) is 4.74. The molecular formula is C15H16FN3O. The Morgan fingerprint density at radius 1 is 1.45 bits per heavy atom. The van der Waals surface area contributed by atoms with Gasteiger partial charge >= 0.3 is 0 Å². The summed E-state index contributed by atoms with van der Waals surface area (Å²) in [5.74, 6) is 0.357. The summed E-state index contributed by atoms with van der Waals surface area (Å²) in [6.07, 6.45) is 3.72. The predicted octanol–water partition coefficient (Wildman–Crippen LogP) is 3.00. The van der Waals surface area contributed by atoms with Crippen LogP contribution in [0.3, 0.4) is 0 Å². The molecule has 1 atom stereocenters. The number of hydrogen-bond donors (Lipinski definition) is 1. The minimum Gasteiger partial charge on any atom is -0.456 e. The lowest BCUT2D eigenvalue weighted by molar-refractivity contribution is 0.465. The standard InChI is InChI=1S/C15H16FN3O/c1-3-17-14(11-8-18-19(2)9-11)13-7-10-5-4-6-12(16)15(10)20-13/h4-9,14,17H,3H2,1-2H3. The summed E-state index contributed by atoms with van der Waals surface area (Å²) in [5.41, 5.74) is 1.29. The van der Waals surface area contributed by atoms with Crippen LogP contribution in [0.5, 0.6) is 0 Å². The number of hydrogen-bond acceptors (Lipinski definition) is 3. The number of aryl methyl sites for hydroxylation is 1. The smallest absolute Gasteiger partial charge is 0.169 e. The average molecular weight is 273 g/mol. The van der Waals surface area contributed by atoms with Crippen LogP contribution in [0.4, 0.5) is 4.39 Å². The molecule has 0 radical (unpaired) electrons. The van der Waals surface area contributed by atoms with Crippen molar-refractivity contribution in [3.05, 3.63) is 53.8 Å². The Balaban J connectivity index is 2.07. The molecule has 2 aromatic heterocycles. The molecule has 0 aliphatic carbocycles. The van der Waals surface area contributed by atoms with Crippen molar-refractivity contribution in [2.24, 2.45) is 7.05 Å². The molecule has 1 unspecified atom stereocenters. The first-order chi connectivity index (χ1) is 9.69. The van der Waals surface area contributed by atoms with Gasteiger partial charge in [-0.25, -0.2) is 4.39 Å². The van der Waals surface area contributed by atoms with Gasteiger partial charge in [-0.15, -0.1) is 0 Å². The minimum atomic E-state index is -0.338. The van der Waals surface area contributed by atoms with Crippen LogP contribution in [0.15, 0.2) is 41.1 Å². The highest BCUT2D eigenvalue weighted by Crippen LogP contribution is 2.29. The highest BCUT2D eigenvalue weighted by molar-refractivity contribution is 5.78. The maximum Gasteiger partial charge on any atom is 0.169 e. The van der Waals surface area contributed by atoms with Crippen LogP contribution in [-0.2, 0) is 7.05 Å². The molecule has 0 bridgehead atoms. The summed E-state index contributed by atoms with van der Waals surface area (Å²) >= 11 is 0. The molecule has 1 aromatic carbocycles. The van der Waals surface area contributed by atoms with Gasteiger partial charge in [0.05, 0.1) is 12.2 Å². The van der Waals surface area contributed by atoms with E-state index in [9.17, 15) is 4.39 Å². The largest absolute Gasteiger partial charge is 0.456 e. The number of nitrogens with zero attached hydrogens (tertiary/aromatic N) is 2. The Morgan fingerprint density at radius 3 is 2.95 bits per heavy atom. The first-order valence-corrected chi connectivity index (χ1v) is 6.59. The fraction of sp³-hybridized carbons (Fsp3) is 0.267. The van der Waals surface area contributed by atoms with Crippen molar-refractivity contribution in [2.45, 2.75) is 13.0 Å². The van der Waals surface area contributed by atoms with E-state index in [1.807, 2.05) is 32.3 Å². The summed E-state index contributed by atoms with van der Waals surface area (Å²) in [4.78, 5) is 0. The maximum atomic E-state index is 13.7. The quantitative estimate of drug-likeness (QED) is 0.794. The Morgan fingerprint density at radius 2 is 2.30 bits per heavy atom. The van der Waals surface area contributed by atoms with Gasteiger partial charge in [0, 0.05) is 24.2 Å². The molecule has 0 fully saturated rings. The van der Waals surface area contributed by atoms with E-state index in [1.54, 1.807) is 16.9 Å². The van der Waals surface area contributed by atoms with Gasteiger partial charge in [-0.05, 0) is 18.7 Å². The zero-order valence-electron chi connectivity index (χ0n) is 11.4. The molecule has 0 saturated carbocycles. The second-order valence-electron chi connectivity index (χ2n) is 4.74. The van der Waals surface area contributed by atoms with Gasteiger partial charge in [0.25, 0.3) is 0 Å². The van der Waals surface area contributed by atoms with Gasteiger partial charge < -0.3 is 9.73 Å². The third-order valence-corrected chi connectivity index (χ3v) is 3.27. The third kappa shape index (κ3) is 2.20. The van der Waals surface area contributed by atoms with Crippen LogP contribution in [0.1, 0.15) is 24.3 Å². The monoisotopic (exact) mass is 273 g/mol. The lowest BCUT2D eigenvalue weighted by Crippen LogP contribution is -2.21. The Hall–Kier alpha value is -2.14. The van der Waals surface area contributed by atoms with Crippen LogP contribution < -0.4 is 5.32 Å². The number of rotatable bonds is 4. The van der Waals surface area contributed by atoms with Crippen molar-refractivity contribution in [3.8, 4) is 0 Å². The van der Waals surface area contributed by atoms with E-state index < -0.39 is 0 Å². The van der Waals surface area contributed by atoms with Gasteiger partial charge in [0.15, 0.2) is 11.4 Å². The fourth-order valence-electron chi connectivity index (χ4n) is 2.37. The lowest BCUT2D eigenvalue weighted by Gasteiger charge is -2.13. The molecule has 104 valence electrons. The predicted molar refractivity (Wildman–Crippen MR) is 74.9 cm³/mol. The number of furan rings is 1. The van der Waals surface area contributed by atoms with Gasteiger partial charge in [-0.1, -0.05) is 19.1 Å². The fourth-order valence-corrected chi connectivity index (χ4v) is 2.37. The average Bonchev–Trinajstić information content (AvgIpc) is 3.03. The molecule has 20 heavy (non-hydrogen) atoms. The number of halogens is 1. The summed E-state index contributed by atoms with van der Waals surface area (Å²) in [5, 5.41) is 8.29. The SMILES string of the molecule is CCNC(c1cnn(C)c1)c1cc2cccc(F)c2o1. The molecule has 0 aliphatic rings. The molecule has 2 heterocycles. The van der Waals surface area contributed by atoms with Crippen molar-refractivity contribution in [1.29, 1.82) is 0 Å². The number of fused-ring (bicyclic) bond motifs is 1. The second kappa shape index (κ2) is 5.09. The van der Waals surface area contributed by atoms with Gasteiger partial charge in [0.2, 0.25) is 0 Å². The zero-order valence-corrected chi connectivity index (χ0v) is 11.4. The highest BCUT2D eigenvalue weighted by Gasteiger charge is 2.20. The molecule has 0 aliphatic heterocycles. The minimum absolute atomic E-state index is 0.125. The summed E-state index contributed by atoms with van der Waals surface area (Å²) in [7, 11) is 1.87. The first kappa shape index (κ1) is 12.9. The van der Waals surface area contributed by atoms with E-state index in [0.717, 1.165) is 17.5 Å². The molecule has 1 N–H and O–H groups in total. The highest BCUT2D eigenvalue weighted by atomic mass is 19.1. The van der Waals surface area contributed by atoms with Crippen LogP contribution in [0.2, 0.25) is 0 Å². The molecule has 0 saturated heterocycles. The van der Waals surface area contributed by atoms with Gasteiger partial charge in [0.1, 0.15) is 5.76 Å². The molecule has 4 nitrogen and oxygen atoms in total. The van der Waals surface area contributed by atoms with Gasteiger partial charge in [-0.3, -0.25) is 4.68 Å². The molecule has 3 rings (SSSR count). The van der Waals surface area contributed by atoms with Crippen molar-refractivity contribution in [1.82, 2.24) is 15.1 Å². The van der Waals surface area contributed by atoms with E-state index in [1.165, 1.54) is 6.07 Å². The Labute approximate surface area is 116 Å². The van der Waals surface area contributed by atoms with Crippen LogP contribution in [0.25, 0.3) is 11.0 Å². The normalized spacial score (nSPS) is 12.9. The molecule has 5 heteroatoms. The topological polar surface area (TPSA) is 43.0 Å². The van der Waals surface area contributed by atoms with Crippen molar-refractivity contribution in [2.75, 3.05) is 6.54 Å². The number of nitrogens with one attached hydrogen (secondary N) is 1. The molecule has 0 amide bonds. The van der Waals surface area contributed by atoms with Crippen LogP contribution in [-0.4, -0.2) is 16.3 Å². The summed E-state index contributed by atoms with van der Waals surface area (Å²) in [6, 6.07) is 6.68. The number of aromatic nitrogens is 2. The van der Waals surface area contributed by atoms with Crippen molar-refractivity contribution in [3.63, 3.8) is 0 Å². The Bertz CT molecular complexity index is 732. The summed E-state index contributed by atoms with van der Waals surface area (Å²) in [6.45, 7) is 2.80. The van der Waals surface area contributed by atoms with Crippen LogP contribution in [0, 0.1) is 5.82 Å². The number of benzene rings is 1. The maximum absolute atomic E-state index is 13.7. The Kier molecular flexibility index (Phi) is 3.28. The van der Waals surface area contributed by atoms with E-state index in [2.05, 4.69) is 10.4 Å². The van der Waals surface area contributed by atoms with E-state index >= 15 is 0 Å². The van der Waals surface area contributed by atoms with Gasteiger partial charge in [-0.2, -0.15) is 5.10 Å². The van der Waals surface area contributed by atoms with E-state index in [4.69, 9.17) is 4.42 Å². The van der Waals surface area contributed by atoms with E-state index in [0.29, 0.717) is 11.3 Å². The molecule has 0 spiro atoms. The van der Waals surface area contributed by atoms with E-state index in [-0.39, 0.29) is 11.9 Å². The molecular weight excluding hydrogens is 257 g/mol. The summed E-state index contributed by atoms with van der Waals surface area (Å²) < 4.78 is 21.2. The third-order valence-electron chi connectivity index (χ3n) is 3.27. The lowest BCUT2D eigenvalue weighted by atomic mass is 10.1. The van der Waals surface area contributed by atoms with Crippen LogP contribution >= 0.6 is 0 Å². The molecule has 3 aromatic rings. The van der Waals surface area contributed by atoms with Crippen molar-refractivity contribution >= 4 is 11.0 Å². The first-order valence-electron chi connectivity index (χ1n) is 6.59. The number of para-hydroxylation sites is 1. The van der Waals surface area contributed by atoms with Crippen molar-refractivity contribution < 1.29 is 8.81 Å².